The first kappa shape index (κ1) is 19.7. The molecule has 0 aliphatic carbocycles. The summed E-state index contributed by atoms with van der Waals surface area (Å²) in [6.07, 6.45) is 6.01. The summed E-state index contributed by atoms with van der Waals surface area (Å²) in [5.41, 5.74) is 1.30. The normalized spacial score (nSPS) is 6.87. The molecule has 90 valence electrons. The number of hydrogen-bond acceptors (Lipinski definition) is 1. The molecule has 0 radical (unpaired) electrons. The van der Waals surface area contributed by atoms with Crippen molar-refractivity contribution >= 4 is 0 Å². The molecule has 0 aliphatic rings. The number of hydrogen-bond donors (Lipinski definition) is 0. The smallest absolute Gasteiger partial charge is 0.0299 e. The summed E-state index contributed by atoms with van der Waals surface area (Å²) in [5.74, 6) is 0. The van der Waals surface area contributed by atoms with Gasteiger partial charge in [-0.3, -0.25) is 4.98 Å². The number of pyridine rings is 1. The molecule has 1 nitrogen and oxygen atoms in total. The molecule has 0 amide bonds. The highest BCUT2D eigenvalue weighted by Crippen LogP contribution is 1.93. The lowest BCUT2D eigenvalue weighted by Gasteiger charge is -1.88. The third-order valence-electron chi connectivity index (χ3n) is 1.13. The first-order chi connectivity index (χ1) is 7.35. The zero-order chi connectivity index (χ0) is 12.5. The molecular formula is C14H29N. The third kappa shape index (κ3) is 19.5. The largest absolute Gasteiger partial charge is 0.264 e. The van der Waals surface area contributed by atoms with Gasteiger partial charge in [-0.05, 0) is 18.1 Å². The van der Waals surface area contributed by atoms with Crippen LogP contribution in [0.15, 0.2) is 24.5 Å². The fourth-order valence-corrected chi connectivity index (χ4v) is 0.607. The maximum atomic E-state index is 3.96. The highest BCUT2D eigenvalue weighted by Gasteiger charge is 1.81. The quantitative estimate of drug-likeness (QED) is 0.629. The van der Waals surface area contributed by atoms with E-state index in [9.17, 15) is 0 Å². The van der Waals surface area contributed by atoms with Gasteiger partial charge in [-0.25, -0.2) is 0 Å². The van der Waals surface area contributed by atoms with Crippen molar-refractivity contribution in [1.29, 1.82) is 0 Å². The minimum Gasteiger partial charge on any atom is -0.264 e. The van der Waals surface area contributed by atoms with Crippen molar-refractivity contribution < 1.29 is 0 Å². The van der Waals surface area contributed by atoms with Crippen molar-refractivity contribution in [3.63, 3.8) is 0 Å². The number of aryl methyl sites for hydroxylation is 1. The minimum absolute atomic E-state index is 1.08. The first-order valence-corrected chi connectivity index (χ1v) is 6.24. The lowest BCUT2D eigenvalue weighted by Crippen LogP contribution is -1.77. The van der Waals surface area contributed by atoms with Crippen LogP contribution in [0.1, 0.15) is 60.5 Å². The second-order valence-corrected chi connectivity index (χ2v) is 2.42. The van der Waals surface area contributed by atoms with E-state index in [-0.39, 0.29) is 0 Å². The topological polar surface area (TPSA) is 12.9 Å². The third-order valence-corrected chi connectivity index (χ3v) is 1.13. The second-order valence-electron chi connectivity index (χ2n) is 2.42. The van der Waals surface area contributed by atoms with Gasteiger partial charge in [0.05, 0.1) is 0 Å². The fraction of sp³-hybridized carbons (Fsp3) is 0.643. The lowest BCUT2D eigenvalue weighted by atomic mass is 10.2. The van der Waals surface area contributed by atoms with Crippen LogP contribution in [-0.4, -0.2) is 4.98 Å². The van der Waals surface area contributed by atoms with Gasteiger partial charge in [0.15, 0.2) is 0 Å². The van der Waals surface area contributed by atoms with Crippen LogP contribution in [0.3, 0.4) is 0 Å². The van der Waals surface area contributed by atoms with E-state index in [0.29, 0.717) is 0 Å². The molecule has 1 heterocycles. The van der Waals surface area contributed by atoms with Gasteiger partial charge < -0.3 is 0 Å². The molecule has 0 atom stereocenters. The fourth-order valence-electron chi connectivity index (χ4n) is 0.607. The van der Waals surface area contributed by atoms with E-state index in [1.807, 2.05) is 40.0 Å². The van der Waals surface area contributed by atoms with Crippen LogP contribution in [0.2, 0.25) is 0 Å². The molecule has 0 N–H and O–H groups in total. The van der Waals surface area contributed by atoms with Gasteiger partial charge in [0.2, 0.25) is 0 Å². The zero-order valence-electron chi connectivity index (χ0n) is 11.7. The molecule has 1 rings (SSSR count). The van der Waals surface area contributed by atoms with Crippen molar-refractivity contribution in [2.75, 3.05) is 0 Å². The molecule has 15 heavy (non-hydrogen) atoms. The van der Waals surface area contributed by atoms with Crippen molar-refractivity contribution in [3.05, 3.63) is 30.1 Å². The molecule has 1 aromatic heterocycles. The number of rotatable bonds is 1. The Kier molecular flexibility index (Phi) is 30.4. The Morgan fingerprint density at radius 2 is 1.47 bits per heavy atom. The van der Waals surface area contributed by atoms with E-state index in [0.717, 1.165) is 6.42 Å². The van der Waals surface area contributed by atoms with Gasteiger partial charge in [-0.15, -0.1) is 0 Å². The summed E-state index contributed by atoms with van der Waals surface area (Å²) < 4.78 is 0. The van der Waals surface area contributed by atoms with E-state index in [2.05, 4.69) is 31.8 Å². The average Bonchev–Trinajstić information content (AvgIpc) is 2.36. The molecule has 0 saturated carbocycles. The van der Waals surface area contributed by atoms with E-state index in [1.54, 1.807) is 6.20 Å². The Bertz CT molecular complexity index is 158. The summed E-state index contributed by atoms with van der Waals surface area (Å²) in [6, 6.07) is 4.03. The van der Waals surface area contributed by atoms with Gasteiger partial charge in [-0.1, -0.05) is 61.0 Å². The average molecular weight is 211 g/mol. The van der Waals surface area contributed by atoms with Crippen LogP contribution in [0.5, 0.6) is 0 Å². The second kappa shape index (κ2) is 23.2. The standard InChI is InChI=1S/C7H9N.C3H8.2C2H6/c1-2-7-4-3-5-8-6-7;1-3-2;2*1-2/h3-6H,2H2,1H3;3H2,1-2H3;2*1-2H3. The van der Waals surface area contributed by atoms with Crippen LogP contribution in [0.25, 0.3) is 0 Å². The molecule has 0 unspecified atom stereocenters. The van der Waals surface area contributed by atoms with Crippen LogP contribution >= 0.6 is 0 Å². The monoisotopic (exact) mass is 211 g/mol. The lowest BCUT2D eigenvalue weighted by molar-refractivity contribution is 1.09. The van der Waals surface area contributed by atoms with Gasteiger partial charge >= 0.3 is 0 Å². The maximum Gasteiger partial charge on any atom is 0.0299 e. The highest BCUT2D eigenvalue weighted by atomic mass is 14.6. The molecule has 1 heteroatoms. The Morgan fingerprint density at radius 3 is 1.67 bits per heavy atom. The molecule has 1 aromatic rings. The van der Waals surface area contributed by atoms with Gasteiger partial charge in [0.25, 0.3) is 0 Å². The highest BCUT2D eigenvalue weighted by molar-refractivity contribution is 5.07. The predicted molar refractivity (Wildman–Crippen MR) is 72.3 cm³/mol. The van der Waals surface area contributed by atoms with Gasteiger partial charge in [0.1, 0.15) is 0 Å². The summed E-state index contributed by atoms with van der Waals surface area (Å²) in [4.78, 5) is 3.96. The molecule has 0 fully saturated rings. The number of nitrogens with zero attached hydrogens (tertiary/aromatic N) is 1. The van der Waals surface area contributed by atoms with Crippen LogP contribution in [0.4, 0.5) is 0 Å². The van der Waals surface area contributed by atoms with E-state index in [1.165, 1.54) is 12.0 Å². The summed E-state index contributed by atoms with van der Waals surface area (Å²) in [7, 11) is 0. The summed E-state index contributed by atoms with van der Waals surface area (Å²) in [6.45, 7) is 14.4. The molecule has 0 aliphatic heterocycles. The number of aromatic nitrogens is 1. The molecule has 0 saturated heterocycles. The zero-order valence-corrected chi connectivity index (χ0v) is 11.7. The van der Waals surface area contributed by atoms with Crippen molar-refractivity contribution in [3.8, 4) is 0 Å². The van der Waals surface area contributed by atoms with Crippen molar-refractivity contribution in [2.24, 2.45) is 0 Å². The van der Waals surface area contributed by atoms with Crippen LogP contribution < -0.4 is 0 Å². The Balaban J connectivity index is -0.000000176. The molecule has 0 aromatic carbocycles. The summed E-state index contributed by atoms with van der Waals surface area (Å²) in [5, 5.41) is 0. The SMILES string of the molecule is CC.CC.CCC.CCc1cccnc1. The van der Waals surface area contributed by atoms with Crippen LogP contribution in [0, 0.1) is 0 Å². The first-order valence-electron chi connectivity index (χ1n) is 6.24. The molecule has 0 spiro atoms. The Morgan fingerprint density at radius 1 is 1.00 bits per heavy atom. The maximum absolute atomic E-state index is 3.96. The Labute approximate surface area is 97.0 Å². The van der Waals surface area contributed by atoms with E-state index < -0.39 is 0 Å². The van der Waals surface area contributed by atoms with E-state index in [4.69, 9.17) is 0 Å². The van der Waals surface area contributed by atoms with Gasteiger partial charge in [0, 0.05) is 12.4 Å². The molecule has 0 bridgehead atoms. The van der Waals surface area contributed by atoms with Crippen molar-refractivity contribution in [2.45, 2.75) is 61.3 Å². The minimum atomic E-state index is 1.08. The van der Waals surface area contributed by atoms with E-state index >= 15 is 0 Å². The Hall–Kier alpha value is -0.850. The summed E-state index contributed by atoms with van der Waals surface area (Å²) >= 11 is 0. The van der Waals surface area contributed by atoms with Gasteiger partial charge in [-0.2, -0.15) is 0 Å². The van der Waals surface area contributed by atoms with Crippen LogP contribution in [-0.2, 0) is 6.42 Å². The predicted octanol–water partition coefficient (Wildman–Crippen LogP) is 5.11. The molecular weight excluding hydrogens is 182 g/mol. The van der Waals surface area contributed by atoms with Crippen molar-refractivity contribution in [1.82, 2.24) is 4.98 Å².